The molecule has 2 N–H and O–H groups in total. The number of hydrogen-bond donors (Lipinski definition) is 2. The van der Waals surface area contributed by atoms with Crippen LogP contribution in [-0.4, -0.2) is 55.8 Å². The van der Waals surface area contributed by atoms with Crippen LogP contribution in [0.1, 0.15) is 59.3 Å². The summed E-state index contributed by atoms with van der Waals surface area (Å²) in [4.78, 5) is 32.4. The summed E-state index contributed by atoms with van der Waals surface area (Å²) in [6.45, 7) is 14.2. The number of amides is 1. The zero-order valence-corrected chi connectivity index (χ0v) is 21.5. The van der Waals surface area contributed by atoms with Crippen LogP contribution < -0.4 is 15.5 Å². The molecule has 1 amide bonds. The van der Waals surface area contributed by atoms with E-state index in [0.717, 1.165) is 48.6 Å². The predicted molar refractivity (Wildman–Crippen MR) is 137 cm³/mol. The lowest BCUT2D eigenvalue weighted by atomic mass is 9.97. The van der Waals surface area contributed by atoms with Crippen molar-refractivity contribution in [3.8, 4) is 0 Å². The maximum Gasteiger partial charge on any atom is 0.407 e. The second-order valence-corrected chi connectivity index (χ2v) is 10.4. The van der Waals surface area contributed by atoms with E-state index in [1.54, 1.807) is 12.4 Å². The number of aryl methyl sites for hydroxylation is 1. The van der Waals surface area contributed by atoms with Crippen LogP contribution >= 0.6 is 0 Å². The van der Waals surface area contributed by atoms with E-state index in [-0.39, 0.29) is 6.09 Å². The first-order valence-electron chi connectivity index (χ1n) is 12.3. The molecular weight excluding hydrogens is 444 g/mol. The number of imidazole rings is 1. The average molecular weight is 481 g/mol. The first-order chi connectivity index (χ1) is 16.6. The van der Waals surface area contributed by atoms with E-state index in [0.29, 0.717) is 30.3 Å². The van der Waals surface area contributed by atoms with E-state index in [1.807, 2.05) is 39.8 Å². The number of aromatic nitrogens is 5. The minimum atomic E-state index is -0.486. The van der Waals surface area contributed by atoms with Gasteiger partial charge in [0, 0.05) is 37.9 Å². The number of carbonyl (C=O) groups is 1. The molecule has 0 radical (unpaired) electrons. The molecule has 10 nitrogen and oxygen atoms in total. The van der Waals surface area contributed by atoms with E-state index in [4.69, 9.17) is 9.72 Å². The highest BCUT2D eigenvalue weighted by molar-refractivity contribution is 5.79. The number of pyridine rings is 1. The number of rotatable bonds is 6. The Kier molecular flexibility index (Phi) is 7.09. The third-order valence-corrected chi connectivity index (χ3v) is 6.00. The molecule has 1 aliphatic rings. The molecule has 10 heteroatoms. The van der Waals surface area contributed by atoms with Gasteiger partial charge >= 0.3 is 6.09 Å². The fourth-order valence-electron chi connectivity index (χ4n) is 4.42. The van der Waals surface area contributed by atoms with Crippen LogP contribution in [0, 0.1) is 12.8 Å². The number of piperidine rings is 1. The molecule has 4 heterocycles. The molecule has 0 bridgehead atoms. The molecule has 3 aromatic heterocycles. The Morgan fingerprint density at radius 3 is 2.60 bits per heavy atom. The first kappa shape index (κ1) is 24.7. The van der Waals surface area contributed by atoms with Crippen LogP contribution in [0.2, 0.25) is 0 Å². The highest BCUT2D eigenvalue weighted by atomic mass is 16.6. The van der Waals surface area contributed by atoms with Crippen molar-refractivity contribution in [3.05, 3.63) is 30.4 Å². The number of carbonyl (C=O) groups excluding carboxylic acids is 1. The second-order valence-electron chi connectivity index (χ2n) is 10.4. The van der Waals surface area contributed by atoms with Crippen molar-refractivity contribution >= 4 is 34.7 Å². The molecule has 0 aromatic carbocycles. The molecule has 0 saturated carbocycles. The van der Waals surface area contributed by atoms with Gasteiger partial charge in [0.2, 0.25) is 5.95 Å². The lowest BCUT2D eigenvalue weighted by Crippen LogP contribution is -2.40. The van der Waals surface area contributed by atoms with E-state index >= 15 is 0 Å². The van der Waals surface area contributed by atoms with Crippen molar-refractivity contribution in [2.75, 3.05) is 29.9 Å². The summed E-state index contributed by atoms with van der Waals surface area (Å²) < 4.78 is 7.53. The van der Waals surface area contributed by atoms with E-state index in [2.05, 4.69) is 48.9 Å². The third-order valence-electron chi connectivity index (χ3n) is 6.00. The van der Waals surface area contributed by atoms with Gasteiger partial charge in [-0.05, 0) is 66.4 Å². The molecule has 188 valence electrons. The fraction of sp³-hybridized carbons (Fsp3) is 0.560. The summed E-state index contributed by atoms with van der Waals surface area (Å²) in [5.41, 5.74) is 1.44. The van der Waals surface area contributed by atoms with Crippen molar-refractivity contribution in [1.29, 1.82) is 0 Å². The number of nitrogens with one attached hydrogen (secondary N) is 2. The Morgan fingerprint density at radius 1 is 1.17 bits per heavy atom. The van der Waals surface area contributed by atoms with Gasteiger partial charge in [-0.2, -0.15) is 4.98 Å². The highest BCUT2D eigenvalue weighted by Gasteiger charge is 2.23. The normalized spacial score (nSPS) is 15.0. The smallest absolute Gasteiger partial charge is 0.407 e. The van der Waals surface area contributed by atoms with Gasteiger partial charge < -0.3 is 24.8 Å². The monoisotopic (exact) mass is 480 g/mol. The van der Waals surface area contributed by atoms with Crippen LogP contribution in [-0.2, 0) is 4.74 Å². The van der Waals surface area contributed by atoms with Gasteiger partial charge in [-0.1, -0.05) is 0 Å². The van der Waals surface area contributed by atoms with E-state index in [9.17, 15) is 4.79 Å². The molecule has 1 fully saturated rings. The summed E-state index contributed by atoms with van der Waals surface area (Å²) >= 11 is 0. The average Bonchev–Trinajstić information content (AvgIpc) is 3.12. The van der Waals surface area contributed by atoms with Crippen molar-refractivity contribution in [2.45, 2.75) is 66.0 Å². The van der Waals surface area contributed by atoms with Crippen LogP contribution in [0.3, 0.4) is 0 Å². The minimum absolute atomic E-state index is 0.308. The summed E-state index contributed by atoms with van der Waals surface area (Å²) in [6, 6.07) is 4.17. The number of hydrogen-bond acceptors (Lipinski definition) is 8. The maximum atomic E-state index is 11.9. The van der Waals surface area contributed by atoms with Gasteiger partial charge in [-0.3, -0.25) is 0 Å². The quantitative estimate of drug-likeness (QED) is 0.527. The van der Waals surface area contributed by atoms with E-state index < -0.39 is 5.60 Å². The molecule has 4 rings (SSSR count). The molecule has 0 spiro atoms. The van der Waals surface area contributed by atoms with Gasteiger partial charge in [0.25, 0.3) is 0 Å². The zero-order valence-electron chi connectivity index (χ0n) is 21.5. The molecule has 3 aromatic rings. The lowest BCUT2D eigenvalue weighted by Gasteiger charge is -2.32. The van der Waals surface area contributed by atoms with Gasteiger partial charge in [-0.15, -0.1) is 0 Å². The van der Waals surface area contributed by atoms with Crippen molar-refractivity contribution in [1.82, 2.24) is 29.8 Å². The van der Waals surface area contributed by atoms with Crippen LogP contribution in [0.15, 0.2) is 24.5 Å². The fourth-order valence-corrected chi connectivity index (χ4v) is 4.42. The Bertz CT molecular complexity index is 1180. The molecule has 0 unspecified atom stereocenters. The number of alkyl carbamates (subject to hydrolysis) is 1. The largest absolute Gasteiger partial charge is 0.444 e. The Balaban J connectivity index is 1.36. The molecule has 1 aliphatic heterocycles. The molecule has 0 atom stereocenters. The standard InChI is InChI=1S/C25H36N8O2/c1-16(2)33-17(3)29-19-15-27-22(13-20(19)33)30-21-7-10-26-23(31-21)32-11-8-18(9-12-32)14-28-24(34)35-25(4,5)6/h7,10,13,15-16,18H,8-9,11-12,14H2,1-6H3,(H,28,34)(H,26,27,30,31). The SMILES string of the molecule is Cc1nc2cnc(Nc3ccnc(N4CCC(CNC(=O)OC(C)(C)C)CC4)n3)cc2n1C(C)C. The Morgan fingerprint density at radius 2 is 1.91 bits per heavy atom. The zero-order chi connectivity index (χ0) is 25.2. The molecular formula is C25H36N8O2. The summed E-state index contributed by atoms with van der Waals surface area (Å²) in [7, 11) is 0. The summed E-state index contributed by atoms with van der Waals surface area (Å²) in [5.74, 6) is 3.49. The minimum Gasteiger partial charge on any atom is -0.444 e. The van der Waals surface area contributed by atoms with Gasteiger partial charge in [0.15, 0.2) is 0 Å². The van der Waals surface area contributed by atoms with Crippen molar-refractivity contribution in [3.63, 3.8) is 0 Å². The molecule has 0 aliphatic carbocycles. The predicted octanol–water partition coefficient (Wildman–Crippen LogP) is 4.60. The summed E-state index contributed by atoms with van der Waals surface area (Å²) in [5, 5.41) is 6.21. The Labute approximate surface area is 206 Å². The topological polar surface area (TPSA) is 110 Å². The summed E-state index contributed by atoms with van der Waals surface area (Å²) in [6.07, 6.45) is 5.10. The van der Waals surface area contributed by atoms with Crippen molar-refractivity contribution < 1.29 is 9.53 Å². The highest BCUT2D eigenvalue weighted by Crippen LogP contribution is 2.25. The lowest BCUT2D eigenvalue weighted by molar-refractivity contribution is 0.0516. The van der Waals surface area contributed by atoms with Crippen molar-refractivity contribution in [2.24, 2.45) is 5.92 Å². The van der Waals surface area contributed by atoms with Crippen LogP contribution in [0.5, 0.6) is 0 Å². The molecule has 1 saturated heterocycles. The van der Waals surface area contributed by atoms with Crippen LogP contribution in [0.4, 0.5) is 22.4 Å². The molecule has 35 heavy (non-hydrogen) atoms. The first-order valence-corrected chi connectivity index (χ1v) is 12.3. The van der Waals surface area contributed by atoms with Gasteiger partial charge in [-0.25, -0.2) is 19.7 Å². The second kappa shape index (κ2) is 10.1. The van der Waals surface area contributed by atoms with Gasteiger partial charge in [0.1, 0.15) is 28.6 Å². The number of ether oxygens (including phenoxy) is 1. The van der Waals surface area contributed by atoms with Crippen LogP contribution in [0.25, 0.3) is 11.0 Å². The van der Waals surface area contributed by atoms with Gasteiger partial charge in [0.05, 0.1) is 11.7 Å². The Hall–Kier alpha value is -3.43. The third kappa shape index (κ3) is 6.17. The number of fused-ring (bicyclic) bond motifs is 1. The number of nitrogens with zero attached hydrogens (tertiary/aromatic N) is 6. The number of anilines is 3. The maximum absolute atomic E-state index is 11.9. The van der Waals surface area contributed by atoms with E-state index in [1.165, 1.54) is 0 Å².